The molecule has 0 saturated heterocycles. The number of aromatic nitrogens is 3. The SMILES string of the molecule is CCNCC(C)C(=O)Nc1ccc(-n2cncn2)c(F)c1. The zero-order chi connectivity index (χ0) is 15.2. The summed E-state index contributed by atoms with van der Waals surface area (Å²) in [5.74, 6) is -0.815. The molecule has 112 valence electrons. The molecule has 1 amide bonds. The zero-order valence-corrected chi connectivity index (χ0v) is 12.0. The third-order valence-corrected chi connectivity index (χ3v) is 3.03. The van der Waals surface area contributed by atoms with Gasteiger partial charge in [-0.2, -0.15) is 5.10 Å². The molecule has 6 nitrogen and oxygen atoms in total. The van der Waals surface area contributed by atoms with E-state index in [1.54, 1.807) is 12.1 Å². The van der Waals surface area contributed by atoms with Crippen LogP contribution in [-0.4, -0.2) is 33.8 Å². The molecule has 1 aromatic heterocycles. The second-order valence-electron chi connectivity index (χ2n) is 4.70. The summed E-state index contributed by atoms with van der Waals surface area (Å²) < 4.78 is 15.3. The predicted molar refractivity (Wildman–Crippen MR) is 77.7 cm³/mol. The van der Waals surface area contributed by atoms with Crippen molar-refractivity contribution in [2.45, 2.75) is 13.8 Å². The van der Waals surface area contributed by atoms with Gasteiger partial charge in [-0.1, -0.05) is 13.8 Å². The van der Waals surface area contributed by atoms with Crippen molar-refractivity contribution in [3.8, 4) is 5.69 Å². The Morgan fingerprint density at radius 3 is 2.90 bits per heavy atom. The van der Waals surface area contributed by atoms with Crippen LogP contribution in [0.4, 0.5) is 10.1 Å². The van der Waals surface area contributed by atoms with E-state index in [0.717, 1.165) is 6.54 Å². The number of nitrogens with zero attached hydrogens (tertiary/aromatic N) is 3. The Morgan fingerprint density at radius 1 is 1.48 bits per heavy atom. The molecule has 0 spiro atoms. The third-order valence-electron chi connectivity index (χ3n) is 3.03. The van der Waals surface area contributed by atoms with Crippen LogP contribution in [-0.2, 0) is 4.79 Å². The highest BCUT2D eigenvalue weighted by molar-refractivity contribution is 5.92. The fourth-order valence-corrected chi connectivity index (χ4v) is 1.82. The fraction of sp³-hybridized carbons (Fsp3) is 0.357. The van der Waals surface area contributed by atoms with Crippen LogP contribution in [0.15, 0.2) is 30.9 Å². The Hall–Kier alpha value is -2.28. The molecule has 1 atom stereocenters. The molecule has 0 aliphatic heterocycles. The van der Waals surface area contributed by atoms with Crippen molar-refractivity contribution in [1.82, 2.24) is 20.1 Å². The van der Waals surface area contributed by atoms with Gasteiger partial charge < -0.3 is 10.6 Å². The van der Waals surface area contributed by atoms with Crippen LogP contribution in [0.25, 0.3) is 5.69 Å². The van der Waals surface area contributed by atoms with Crippen LogP contribution in [0.3, 0.4) is 0 Å². The molecule has 0 aliphatic carbocycles. The lowest BCUT2D eigenvalue weighted by molar-refractivity contribution is -0.119. The minimum atomic E-state index is -0.474. The zero-order valence-electron chi connectivity index (χ0n) is 12.0. The van der Waals surface area contributed by atoms with Gasteiger partial charge in [0.15, 0.2) is 5.82 Å². The van der Waals surface area contributed by atoms with Crippen LogP contribution in [0.2, 0.25) is 0 Å². The summed E-state index contributed by atoms with van der Waals surface area (Å²) in [4.78, 5) is 15.7. The second kappa shape index (κ2) is 6.94. The summed E-state index contributed by atoms with van der Waals surface area (Å²) in [6.45, 7) is 5.18. The standard InChI is InChI=1S/C14H18FN5O/c1-3-16-7-10(2)14(21)19-11-4-5-13(12(15)6-11)20-9-17-8-18-20/h4-6,8-10,16H,3,7H2,1-2H3,(H,19,21). The molecule has 0 radical (unpaired) electrons. The molecule has 21 heavy (non-hydrogen) atoms. The van der Waals surface area contributed by atoms with Crippen molar-refractivity contribution in [3.05, 3.63) is 36.7 Å². The minimum absolute atomic E-state index is 0.149. The van der Waals surface area contributed by atoms with E-state index in [4.69, 9.17) is 0 Å². The molecular weight excluding hydrogens is 273 g/mol. The molecule has 1 unspecified atom stereocenters. The van der Waals surface area contributed by atoms with E-state index >= 15 is 0 Å². The maximum absolute atomic E-state index is 14.0. The van der Waals surface area contributed by atoms with Crippen molar-refractivity contribution in [1.29, 1.82) is 0 Å². The lowest BCUT2D eigenvalue weighted by Gasteiger charge is -2.13. The highest BCUT2D eigenvalue weighted by Gasteiger charge is 2.13. The van der Waals surface area contributed by atoms with Gasteiger partial charge in [0.25, 0.3) is 0 Å². The number of benzene rings is 1. The minimum Gasteiger partial charge on any atom is -0.326 e. The van der Waals surface area contributed by atoms with E-state index in [2.05, 4.69) is 20.7 Å². The molecule has 0 saturated carbocycles. The van der Waals surface area contributed by atoms with E-state index < -0.39 is 5.82 Å². The number of rotatable bonds is 6. The first-order valence-corrected chi connectivity index (χ1v) is 6.78. The average molecular weight is 291 g/mol. The first-order chi connectivity index (χ1) is 10.1. The average Bonchev–Trinajstić information content (AvgIpc) is 2.98. The molecule has 1 aromatic carbocycles. The molecule has 2 N–H and O–H groups in total. The van der Waals surface area contributed by atoms with Gasteiger partial charge in [-0.15, -0.1) is 0 Å². The Labute approximate surface area is 122 Å². The number of halogens is 1. The molecule has 7 heteroatoms. The quantitative estimate of drug-likeness (QED) is 0.848. The van der Waals surface area contributed by atoms with Gasteiger partial charge in [0.1, 0.15) is 18.3 Å². The summed E-state index contributed by atoms with van der Waals surface area (Å²) >= 11 is 0. The van der Waals surface area contributed by atoms with E-state index in [0.29, 0.717) is 12.2 Å². The Balaban J connectivity index is 2.05. The van der Waals surface area contributed by atoms with Crippen LogP contribution in [0.5, 0.6) is 0 Å². The van der Waals surface area contributed by atoms with Crippen molar-refractivity contribution in [2.75, 3.05) is 18.4 Å². The summed E-state index contributed by atoms with van der Waals surface area (Å²) in [6, 6.07) is 4.46. The predicted octanol–water partition coefficient (Wildman–Crippen LogP) is 1.59. The number of hydrogen-bond donors (Lipinski definition) is 2. The molecular formula is C14H18FN5O. The van der Waals surface area contributed by atoms with Crippen LogP contribution in [0, 0.1) is 11.7 Å². The molecule has 2 rings (SSSR count). The van der Waals surface area contributed by atoms with Crippen molar-refractivity contribution < 1.29 is 9.18 Å². The summed E-state index contributed by atoms with van der Waals surface area (Å²) in [6.07, 6.45) is 2.74. The molecule has 0 bridgehead atoms. The summed E-state index contributed by atoms with van der Waals surface area (Å²) in [7, 11) is 0. The maximum Gasteiger partial charge on any atom is 0.228 e. The van der Waals surface area contributed by atoms with Gasteiger partial charge in [-0.25, -0.2) is 14.1 Å². The Kier molecular flexibility index (Phi) is 4.99. The Morgan fingerprint density at radius 2 is 2.29 bits per heavy atom. The summed E-state index contributed by atoms with van der Waals surface area (Å²) in [5.41, 5.74) is 0.705. The van der Waals surface area contributed by atoms with Gasteiger partial charge in [0, 0.05) is 18.2 Å². The number of nitrogens with one attached hydrogen (secondary N) is 2. The molecule has 0 fully saturated rings. The van der Waals surface area contributed by atoms with Gasteiger partial charge in [0.05, 0.1) is 0 Å². The molecule has 2 aromatic rings. The Bertz CT molecular complexity index is 599. The highest BCUT2D eigenvalue weighted by atomic mass is 19.1. The summed E-state index contributed by atoms with van der Waals surface area (Å²) in [5, 5.41) is 9.67. The van der Waals surface area contributed by atoms with Gasteiger partial charge >= 0.3 is 0 Å². The van der Waals surface area contributed by atoms with Crippen LogP contribution >= 0.6 is 0 Å². The van der Waals surface area contributed by atoms with E-state index in [-0.39, 0.29) is 17.5 Å². The number of carbonyl (C=O) groups excluding carboxylic acids is 1. The second-order valence-corrected chi connectivity index (χ2v) is 4.70. The van der Waals surface area contributed by atoms with E-state index in [1.807, 2.05) is 13.8 Å². The van der Waals surface area contributed by atoms with Crippen molar-refractivity contribution in [2.24, 2.45) is 5.92 Å². The number of anilines is 1. The largest absolute Gasteiger partial charge is 0.326 e. The molecule has 0 aliphatic rings. The van der Waals surface area contributed by atoms with Crippen molar-refractivity contribution in [3.63, 3.8) is 0 Å². The number of carbonyl (C=O) groups is 1. The van der Waals surface area contributed by atoms with Gasteiger partial charge in [-0.3, -0.25) is 4.79 Å². The lowest BCUT2D eigenvalue weighted by atomic mass is 10.1. The monoisotopic (exact) mass is 291 g/mol. The van der Waals surface area contributed by atoms with Gasteiger partial charge in [0.2, 0.25) is 5.91 Å². The van der Waals surface area contributed by atoms with Crippen LogP contribution < -0.4 is 10.6 Å². The van der Waals surface area contributed by atoms with Crippen LogP contribution in [0.1, 0.15) is 13.8 Å². The molecule has 1 heterocycles. The first kappa shape index (κ1) is 15.1. The number of hydrogen-bond acceptors (Lipinski definition) is 4. The van der Waals surface area contributed by atoms with Gasteiger partial charge in [-0.05, 0) is 24.7 Å². The topological polar surface area (TPSA) is 71.8 Å². The lowest BCUT2D eigenvalue weighted by Crippen LogP contribution is -2.30. The highest BCUT2D eigenvalue weighted by Crippen LogP contribution is 2.17. The number of amides is 1. The third kappa shape index (κ3) is 3.85. The maximum atomic E-state index is 14.0. The van der Waals surface area contributed by atoms with Crippen molar-refractivity contribution >= 4 is 11.6 Å². The normalized spacial score (nSPS) is 12.1. The smallest absolute Gasteiger partial charge is 0.228 e. The fourth-order valence-electron chi connectivity index (χ4n) is 1.82. The van der Waals surface area contributed by atoms with E-state index in [1.165, 1.54) is 23.4 Å². The van der Waals surface area contributed by atoms with E-state index in [9.17, 15) is 9.18 Å². The first-order valence-electron chi connectivity index (χ1n) is 6.78.